The molecular formula is C18H20N2O5. The fraction of sp³-hybridized carbons (Fsp3) is 0.444. The van der Waals surface area contributed by atoms with Crippen molar-refractivity contribution in [2.24, 2.45) is 0 Å². The lowest BCUT2D eigenvalue weighted by atomic mass is 9.76. The zero-order chi connectivity index (χ0) is 18.2. The van der Waals surface area contributed by atoms with Crippen molar-refractivity contribution in [2.75, 3.05) is 6.54 Å². The summed E-state index contributed by atoms with van der Waals surface area (Å²) in [5.41, 5.74) is -0.547. The third kappa shape index (κ3) is 2.79. The standard InChI is InChI=1S/C18H20N2O5/c1-2-3-9-20-15(22)12-6-5-11(10-13(12)16(20)23)14(21)19-18(17(24)25)7-4-8-18/h5-6,10H,2-4,7-9H2,1H3,(H,19,21)(H,24,25). The van der Waals surface area contributed by atoms with Gasteiger partial charge < -0.3 is 10.4 Å². The first-order valence-electron chi connectivity index (χ1n) is 8.46. The minimum atomic E-state index is -1.22. The van der Waals surface area contributed by atoms with Crippen LogP contribution in [0.2, 0.25) is 0 Å². The van der Waals surface area contributed by atoms with E-state index in [1.165, 1.54) is 23.1 Å². The molecule has 1 aliphatic carbocycles. The molecule has 2 aliphatic rings. The van der Waals surface area contributed by atoms with Gasteiger partial charge in [0.15, 0.2) is 0 Å². The van der Waals surface area contributed by atoms with Crippen molar-refractivity contribution in [1.29, 1.82) is 0 Å². The molecule has 3 amide bonds. The van der Waals surface area contributed by atoms with Gasteiger partial charge in [0.05, 0.1) is 11.1 Å². The lowest BCUT2D eigenvalue weighted by Gasteiger charge is -2.38. The predicted molar refractivity (Wildman–Crippen MR) is 88.4 cm³/mol. The summed E-state index contributed by atoms with van der Waals surface area (Å²) in [7, 11) is 0. The van der Waals surface area contributed by atoms with Crippen molar-refractivity contribution in [3.8, 4) is 0 Å². The molecule has 7 nitrogen and oxygen atoms in total. The fourth-order valence-electron chi connectivity index (χ4n) is 3.16. The molecule has 0 aromatic heterocycles. The van der Waals surface area contributed by atoms with Crippen LogP contribution >= 0.6 is 0 Å². The molecule has 1 heterocycles. The average Bonchev–Trinajstić information content (AvgIpc) is 2.79. The van der Waals surface area contributed by atoms with Gasteiger partial charge in [-0.2, -0.15) is 0 Å². The van der Waals surface area contributed by atoms with Gasteiger partial charge in [0.2, 0.25) is 0 Å². The van der Waals surface area contributed by atoms with Crippen molar-refractivity contribution in [3.05, 3.63) is 34.9 Å². The topological polar surface area (TPSA) is 104 Å². The Morgan fingerprint density at radius 2 is 1.88 bits per heavy atom. The third-order valence-electron chi connectivity index (χ3n) is 4.94. The highest BCUT2D eigenvalue weighted by Crippen LogP contribution is 2.32. The van der Waals surface area contributed by atoms with Gasteiger partial charge in [-0.25, -0.2) is 4.79 Å². The molecule has 1 fully saturated rings. The number of carboxylic acids is 1. The van der Waals surface area contributed by atoms with Gasteiger partial charge in [-0.15, -0.1) is 0 Å². The zero-order valence-electron chi connectivity index (χ0n) is 14.0. The summed E-state index contributed by atoms with van der Waals surface area (Å²) in [4.78, 5) is 49.7. The van der Waals surface area contributed by atoms with Crippen LogP contribution in [0.5, 0.6) is 0 Å². The molecular weight excluding hydrogens is 324 g/mol. The van der Waals surface area contributed by atoms with E-state index in [0.29, 0.717) is 19.4 Å². The summed E-state index contributed by atoms with van der Waals surface area (Å²) in [6.07, 6.45) is 3.11. The number of carbonyl (C=O) groups excluding carboxylic acids is 3. The van der Waals surface area contributed by atoms with Crippen LogP contribution in [0.3, 0.4) is 0 Å². The molecule has 132 valence electrons. The van der Waals surface area contributed by atoms with Crippen molar-refractivity contribution >= 4 is 23.7 Å². The molecule has 1 aromatic rings. The maximum absolute atomic E-state index is 12.4. The highest BCUT2D eigenvalue weighted by Gasteiger charge is 2.46. The summed E-state index contributed by atoms with van der Waals surface area (Å²) in [5.74, 6) is -2.34. The fourth-order valence-corrected chi connectivity index (χ4v) is 3.16. The van der Waals surface area contributed by atoms with Crippen molar-refractivity contribution < 1.29 is 24.3 Å². The molecule has 1 aromatic carbocycles. The number of carboxylic acid groups (broad SMARTS) is 1. The summed E-state index contributed by atoms with van der Waals surface area (Å²) < 4.78 is 0. The first-order chi connectivity index (χ1) is 11.9. The van der Waals surface area contributed by atoms with Gasteiger partial charge >= 0.3 is 5.97 Å². The Kier molecular flexibility index (Phi) is 4.32. The van der Waals surface area contributed by atoms with E-state index in [4.69, 9.17) is 0 Å². The van der Waals surface area contributed by atoms with Crippen LogP contribution in [-0.2, 0) is 4.79 Å². The SMILES string of the molecule is CCCCN1C(=O)c2ccc(C(=O)NC3(C(=O)O)CCC3)cc2C1=O. The highest BCUT2D eigenvalue weighted by atomic mass is 16.4. The van der Waals surface area contributed by atoms with Gasteiger partial charge in [-0.1, -0.05) is 13.3 Å². The molecule has 0 bridgehead atoms. The number of nitrogens with one attached hydrogen (secondary N) is 1. The van der Waals surface area contributed by atoms with Gasteiger partial charge in [-0.3, -0.25) is 19.3 Å². The second-order valence-electron chi connectivity index (χ2n) is 6.57. The van der Waals surface area contributed by atoms with Crippen LogP contribution in [0.4, 0.5) is 0 Å². The monoisotopic (exact) mass is 344 g/mol. The van der Waals surface area contributed by atoms with Crippen molar-refractivity contribution in [1.82, 2.24) is 10.2 Å². The molecule has 2 N–H and O–H groups in total. The van der Waals surface area contributed by atoms with Gasteiger partial charge in [0, 0.05) is 12.1 Å². The molecule has 3 rings (SSSR count). The number of hydrogen-bond acceptors (Lipinski definition) is 4. The number of carbonyl (C=O) groups is 4. The van der Waals surface area contributed by atoms with E-state index in [0.717, 1.165) is 19.3 Å². The maximum Gasteiger partial charge on any atom is 0.329 e. The van der Waals surface area contributed by atoms with Gasteiger partial charge in [-0.05, 0) is 43.9 Å². The average molecular weight is 344 g/mol. The summed E-state index contributed by atoms with van der Waals surface area (Å²) in [6.45, 7) is 2.33. The number of fused-ring (bicyclic) bond motifs is 1. The Hall–Kier alpha value is -2.70. The van der Waals surface area contributed by atoms with Crippen LogP contribution in [0.1, 0.15) is 70.1 Å². The van der Waals surface area contributed by atoms with Crippen LogP contribution < -0.4 is 5.32 Å². The van der Waals surface area contributed by atoms with Crippen molar-refractivity contribution in [2.45, 2.75) is 44.6 Å². The van der Waals surface area contributed by atoms with E-state index in [9.17, 15) is 24.3 Å². The normalized spacial score (nSPS) is 17.9. The third-order valence-corrected chi connectivity index (χ3v) is 4.94. The second kappa shape index (κ2) is 6.31. The molecule has 0 spiro atoms. The van der Waals surface area contributed by atoms with E-state index >= 15 is 0 Å². The van der Waals surface area contributed by atoms with E-state index < -0.39 is 23.3 Å². The Morgan fingerprint density at radius 1 is 1.20 bits per heavy atom. The number of nitrogens with zero attached hydrogens (tertiary/aromatic N) is 1. The molecule has 0 atom stereocenters. The minimum Gasteiger partial charge on any atom is -0.480 e. The van der Waals surface area contributed by atoms with E-state index in [1.807, 2.05) is 6.92 Å². The molecule has 0 radical (unpaired) electrons. The number of aliphatic carboxylic acids is 1. The van der Waals surface area contributed by atoms with E-state index in [1.54, 1.807) is 0 Å². The first-order valence-corrected chi connectivity index (χ1v) is 8.46. The van der Waals surface area contributed by atoms with Crippen LogP contribution in [0, 0.1) is 0 Å². The van der Waals surface area contributed by atoms with Crippen molar-refractivity contribution in [3.63, 3.8) is 0 Å². The predicted octanol–water partition coefficient (Wildman–Crippen LogP) is 1.82. The van der Waals surface area contributed by atoms with Crippen LogP contribution in [0.15, 0.2) is 18.2 Å². The van der Waals surface area contributed by atoms with E-state index in [-0.39, 0.29) is 22.6 Å². The number of benzene rings is 1. The van der Waals surface area contributed by atoms with Crippen LogP contribution in [0.25, 0.3) is 0 Å². The lowest BCUT2D eigenvalue weighted by molar-refractivity contribution is -0.148. The van der Waals surface area contributed by atoms with Gasteiger partial charge in [0.1, 0.15) is 5.54 Å². The number of rotatable bonds is 6. The number of amides is 3. The first kappa shape index (κ1) is 17.1. The number of hydrogen-bond donors (Lipinski definition) is 2. The molecule has 1 saturated carbocycles. The lowest BCUT2D eigenvalue weighted by Crippen LogP contribution is -2.59. The largest absolute Gasteiger partial charge is 0.480 e. The van der Waals surface area contributed by atoms with E-state index in [2.05, 4.69) is 5.32 Å². The maximum atomic E-state index is 12.4. The molecule has 1 aliphatic heterocycles. The Bertz CT molecular complexity index is 767. The number of imide groups is 1. The number of unbranched alkanes of at least 4 members (excludes halogenated alkanes) is 1. The molecule has 7 heteroatoms. The summed E-state index contributed by atoms with van der Waals surface area (Å²) in [6, 6.07) is 4.30. The summed E-state index contributed by atoms with van der Waals surface area (Å²) >= 11 is 0. The Balaban J connectivity index is 1.82. The Labute approximate surface area is 145 Å². The van der Waals surface area contributed by atoms with Gasteiger partial charge in [0.25, 0.3) is 17.7 Å². The Morgan fingerprint density at radius 3 is 2.44 bits per heavy atom. The summed E-state index contributed by atoms with van der Waals surface area (Å²) in [5, 5.41) is 11.9. The molecule has 25 heavy (non-hydrogen) atoms. The van der Waals surface area contributed by atoms with Crippen LogP contribution in [-0.4, -0.2) is 45.8 Å². The quantitative estimate of drug-likeness (QED) is 0.766. The molecule has 0 saturated heterocycles. The zero-order valence-corrected chi connectivity index (χ0v) is 14.0. The minimum absolute atomic E-state index is 0.185. The smallest absolute Gasteiger partial charge is 0.329 e. The second-order valence-corrected chi connectivity index (χ2v) is 6.57. The molecule has 0 unspecified atom stereocenters. The highest BCUT2D eigenvalue weighted by molar-refractivity contribution is 6.22.